The lowest BCUT2D eigenvalue weighted by atomic mass is 10.1. The number of methoxy groups -OCH3 is 1. The van der Waals surface area contributed by atoms with Gasteiger partial charge in [-0.05, 0) is 43.2 Å². The van der Waals surface area contributed by atoms with Crippen LogP contribution in [-0.2, 0) is 11.3 Å². The monoisotopic (exact) mass is 342 g/mol. The van der Waals surface area contributed by atoms with Crippen LogP contribution < -0.4 is 10.5 Å². The van der Waals surface area contributed by atoms with Crippen molar-refractivity contribution < 1.29 is 13.9 Å². The summed E-state index contributed by atoms with van der Waals surface area (Å²) in [7, 11) is 1.43. The van der Waals surface area contributed by atoms with E-state index in [1.165, 1.54) is 13.2 Å². The number of primary amides is 1. The van der Waals surface area contributed by atoms with Crippen LogP contribution in [0, 0.1) is 12.7 Å². The van der Waals surface area contributed by atoms with Gasteiger partial charge >= 0.3 is 0 Å². The summed E-state index contributed by atoms with van der Waals surface area (Å²) in [4.78, 5) is 15.5. The third-order valence-electron chi connectivity index (χ3n) is 4.03. The lowest BCUT2D eigenvalue weighted by Crippen LogP contribution is -2.12. The molecule has 7 heteroatoms. The molecule has 0 aliphatic carbocycles. The van der Waals surface area contributed by atoms with Crippen LogP contribution in [-0.4, -0.2) is 27.8 Å². The van der Waals surface area contributed by atoms with E-state index in [0.29, 0.717) is 30.6 Å². The molecule has 3 aromatic rings. The first-order valence-corrected chi connectivity index (χ1v) is 7.95. The Morgan fingerprint density at radius 2 is 2.16 bits per heavy atom. The van der Waals surface area contributed by atoms with E-state index in [4.69, 9.17) is 10.5 Å². The van der Waals surface area contributed by atoms with Gasteiger partial charge in [0.15, 0.2) is 11.6 Å². The minimum absolute atomic E-state index is 0.198. The largest absolute Gasteiger partial charge is 0.494 e. The van der Waals surface area contributed by atoms with Crippen molar-refractivity contribution in [3.63, 3.8) is 0 Å². The summed E-state index contributed by atoms with van der Waals surface area (Å²) in [5.41, 5.74) is 9.12. The van der Waals surface area contributed by atoms with Crippen LogP contribution in [0.25, 0.3) is 22.3 Å². The number of carbonyl (C=O) groups is 1. The Morgan fingerprint density at radius 1 is 1.36 bits per heavy atom. The molecule has 0 atom stereocenters. The highest BCUT2D eigenvalue weighted by Gasteiger charge is 2.12. The summed E-state index contributed by atoms with van der Waals surface area (Å²) in [6.07, 6.45) is 2.62. The first-order valence-electron chi connectivity index (χ1n) is 7.95. The Bertz CT molecular complexity index is 936. The zero-order chi connectivity index (χ0) is 18.0. The van der Waals surface area contributed by atoms with Crippen LogP contribution in [0.4, 0.5) is 4.39 Å². The van der Waals surface area contributed by atoms with E-state index < -0.39 is 5.82 Å². The second kappa shape index (κ2) is 6.88. The minimum Gasteiger partial charge on any atom is -0.494 e. The highest BCUT2D eigenvalue weighted by Crippen LogP contribution is 2.27. The Kier molecular flexibility index (Phi) is 4.65. The number of ether oxygens (including phenoxy) is 1. The Morgan fingerprint density at radius 3 is 2.84 bits per heavy atom. The first-order chi connectivity index (χ1) is 12.0. The SMILES string of the molecule is COc1ccc(-c2cc(C)c3c(cnn3CCCC(N)=O)n2)cc1F. The van der Waals surface area contributed by atoms with Crippen molar-refractivity contribution in [1.82, 2.24) is 14.8 Å². The van der Waals surface area contributed by atoms with Crippen LogP contribution >= 0.6 is 0 Å². The van der Waals surface area contributed by atoms with Crippen molar-refractivity contribution >= 4 is 16.9 Å². The molecule has 0 unspecified atom stereocenters. The van der Waals surface area contributed by atoms with Crippen LogP contribution in [0.5, 0.6) is 5.75 Å². The maximum Gasteiger partial charge on any atom is 0.217 e. The van der Waals surface area contributed by atoms with Gasteiger partial charge in [-0.25, -0.2) is 9.37 Å². The number of benzene rings is 1. The number of nitrogens with two attached hydrogens (primary N) is 1. The molecule has 0 saturated heterocycles. The Hall–Kier alpha value is -2.96. The van der Waals surface area contributed by atoms with Crippen molar-refractivity contribution in [2.45, 2.75) is 26.3 Å². The van der Waals surface area contributed by atoms with Crippen molar-refractivity contribution in [1.29, 1.82) is 0 Å². The molecule has 6 nitrogen and oxygen atoms in total. The number of aromatic nitrogens is 3. The van der Waals surface area contributed by atoms with Crippen molar-refractivity contribution in [2.24, 2.45) is 5.73 Å². The van der Waals surface area contributed by atoms with Gasteiger partial charge in [0.25, 0.3) is 0 Å². The fourth-order valence-corrected chi connectivity index (χ4v) is 2.84. The highest BCUT2D eigenvalue weighted by atomic mass is 19.1. The average Bonchev–Trinajstić information content (AvgIpc) is 2.98. The quantitative estimate of drug-likeness (QED) is 0.747. The van der Waals surface area contributed by atoms with Crippen molar-refractivity contribution in [3.05, 3.63) is 41.8 Å². The number of amides is 1. The molecule has 0 fully saturated rings. The molecule has 0 aliphatic rings. The summed E-state index contributed by atoms with van der Waals surface area (Å²) >= 11 is 0. The topological polar surface area (TPSA) is 83.0 Å². The first kappa shape index (κ1) is 16.9. The van der Waals surface area contributed by atoms with E-state index in [1.54, 1.807) is 18.3 Å². The number of nitrogens with zero attached hydrogens (tertiary/aromatic N) is 3. The van der Waals surface area contributed by atoms with Gasteiger partial charge in [-0.1, -0.05) is 0 Å². The summed E-state index contributed by atoms with van der Waals surface area (Å²) in [6.45, 7) is 2.55. The lowest BCUT2D eigenvalue weighted by molar-refractivity contribution is -0.118. The average molecular weight is 342 g/mol. The molecule has 130 valence electrons. The van der Waals surface area contributed by atoms with Gasteiger partial charge in [0.2, 0.25) is 5.91 Å². The predicted molar refractivity (Wildman–Crippen MR) is 92.6 cm³/mol. The molecule has 3 rings (SSSR count). The fraction of sp³-hybridized carbons (Fsp3) is 0.278. The van der Waals surface area contributed by atoms with Gasteiger partial charge in [-0.15, -0.1) is 0 Å². The minimum atomic E-state index is -0.429. The molecular weight excluding hydrogens is 323 g/mol. The van der Waals surface area contributed by atoms with Crippen LogP contribution in [0.2, 0.25) is 0 Å². The van der Waals surface area contributed by atoms with Gasteiger partial charge in [0.05, 0.1) is 24.5 Å². The van der Waals surface area contributed by atoms with E-state index in [0.717, 1.165) is 16.6 Å². The number of rotatable bonds is 6. The van der Waals surface area contributed by atoms with E-state index >= 15 is 0 Å². The molecule has 0 aliphatic heterocycles. The maximum absolute atomic E-state index is 14.0. The summed E-state index contributed by atoms with van der Waals surface area (Å²) in [5, 5.41) is 4.34. The summed E-state index contributed by atoms with van der Waals surface area (Å²) in [5.74, 6) is -0.555. The van der Waals surface area contributed by atoms with Crippen LogP contribution in [0.15, 0.2) is 30.5 Å². The second-order valence-electron chi connectivity index (χ2n) is 5.85. The number of halogens is 1. The van der Waals surface area contributed by atoms with Crippen molar-refractivity contribution in [3.8, 4) is 17.0 Å². The zero-order valence-corrected chi connectivity index (χ0v) is 14.1. The molecule has 1 amide bonds. The standard InChI is InChI=1S/C18H19FN4O2/c1-11-8-14(12-5-6-16(25-2)13(19)9-12)22-15-10-21-23(18(11)15)7-3-4-17(20)24/h5-6,8-10H,3-4,7H2,1-2H3,(H2,20,24). The molecule has 2 heterocycles. The molecule has 2 N–H and O–H groups in total. The van der Waals surface area contributed by atoms with Gasteiger partial charge in [-0.3, -0.25) is 9.48 Å². The molecule has 0 bridgehead atoms. The fourth-order valence-electron chi connectivity index (χ4n) is 2.84. The zero-order valence-electron chi connectivity index (χ0n) is 14.1. The molecule has 0 saturated carbocycles. The number of aryl methyl sites for hydroxylation is 2. The normalized spacial score (nSPS) is 11.0. The number of hydrogen-bond acceptors (Lipinski definition) is 4. The van der Waals surface area contributed by atoms with Crippen LogP contribution in [0.1, 0.15) is 18.4 Å². The maximum atomic E-state index is 14.0. The molecule has 0 spiro atoms. The molecule has 0 radical (unpaired) electrons. The smallest absolute Gasteiger partial charge is 0.217 e. The van der Waals surface area contributed by atoms with Crippen molar-refractivity contribution in [2.75, 3.05) is 7.11 Å². The number of carbonyl (C=O) groups excluding carboxylic acids is 1. The number of hydrogen-bond donors (Lipinski definition) is 1. The van der Waals surface area contributed by atoms with Gasteiger partial charge < -0.3 is 10.5 Å². The van der Waals surface area contributed by atoms with Gasteiger partial charge in [0.1, 0.15) is 5.52 Å². The Balaban J connectivity index is 1.95. The molecule has 1 aromatic carbocycles. The molecular formula is C18H19FN4O2. The number of pyridine rings is 1. The van der Waals surface area contributed by atoms with Gasteiger partial charge in [-0.2, -0.15) is 5.10 Å². The molecule has 25 heavy (non-hydrogen) atoms. The van der Waals surface area contributed by atoms with E-state index in [2.05, 4.69) is 10.1 Å². The highest BCUT2D eigenvalue weighted by molar-refractivity contribution is 5.81. The van der Waals surface area contributed by atoms with E-state index in [9.17, 15) is 9.18 Å². The second-order valence-corrected chi connectivity index (χ2v) is 5.85. The van der Waals surface area contributed by atoms with E-state index in [-0.39, 0.29) is 11.7 Å². The van der Waals surface area contributed by atoms with Gasteiger partial charge in [0, 0.05) is 18.5 Å². The third-order valence-corrected chi connectivity index (χ3v) is 4.03. The summed E-state index contributed by atoms with van der Waals surface area (Å²) < 4.78 is 20.7. The predicted octanol–water partition coefficient (Wildman–Crippen LogP) is 2.82. The van der Waals surface area contributed by atoms with E-state index in [1.807, 2.05) is 17.7 Å². The summed E-state index contributed by atoms with van der Waals surface area (Å²) in [6, 6.07) is 6.66. The van der Waals surface area contributed by atoms with Crippen LogP contribution in [0.3, 0.4) is 0 Å². The third kappa shape index (κ3) is 3.45. The Labute approximate surface area is 144 Å². The molecule has 2 aromatic heterocycles. The number of fused-ring (bicyclic) bond motifs is 1. The lowest BCUT2D eigenvalue weighted by Gasteiger charge is -2.08.